The number of aromatic nitrogens is 2. The molecule has 6 rings (SSSR count). The summed E-state index contributed by atoms with van der Waals surface area (Å²) in [5.41, 5.74) is 9.89. The van der Waals surface area contributed by atoms with Crippen molar-refractivity contribution in [3.63, 3.8) is 0 Å². The second-order valence-corrected chi connectivity index (χ2v) is 11.1. The van der Waals surface area contributed by atoms with Crippen molar-refractivity contribution in [2.24, 2.45) is 0 Å². The van der Waals surface area contributed by atoms with Crippen molar-refractivity contribution in [3.05, 3.63) is 81.5 Å². The van der Waals surface area contributed by atoms with Crippen molar-refractivity contribution in [1.29, 1.82) is 0 Å². The van der Waals surface area contributed by atoms with E-state index in [9.17, 15) is 13.2 Å². The molecule has 2 aromatic heterocycles. The van der Waals surface area contributed by atoms with Gasteiger partial charge in [0.15, 0.2) is 0 Å². The summed E-state index contributed by atoms with van der Waals surface area (Å²) in [7, 11) is 2.21. The van der Waals surface area contributed by atoms with Gasteiger partial charge in [0, 0.05) is 66.9 Å². The SMILES string of the molecule is CN1CCN(Cc2ccc3c(c2)Cc2c(-c4csc(C#CCNc5ccccc5)c4)n[nH]c2-3)CC1.O=C(O)C(F)(F)F. The highest BCUT2D eigenvalue weighted by Crippen LogP contribution is 2.41. The highest BCUT2D eigenvalue weighted by atomic mass is 32.1. The summed E-state index contributed by atoms with van der Waals surface area (Å²) in [6.07, 6.45) is -4.15. The monoisotopic (exact) mass is 593 g/mol. The molecule has 0 saturated carbocycles. The number of fused-ring (bicyclic) bond motifs is 3. The van der Waals surface area contributed by atoms with Crippen LogP contribution < -0.4 is 5.32 Å². The Morgan fingerprint density at radius 2 is 1.86 bits per heavy atom. The van der Waals surface area contributed by atoms with E-state index in [-0.39, 0.29) is 0 Å². The zero-order chi connectivity index (χ0) is 29.7. The minimum absolute atomic E-state index is 0.626. The summed E-state index contributed by atoms with van der Waals surface area (Å²) in [6.45, 7) is 6.26. The van der Waals surface area contributed by atoms with Crippen LogP contribution in [0.4, 0.5) is 18.9 Å². The van der Waals surface area contributed by atoms with Gasteiger partial charge in [0.2, 0.25) is 0 Å². The third-order valence-corrected chi connectivity index (χ3v) is 8.00. The molecule has 2 aliphatic rings. The fourth-order valence-electron chi connectivity index (χ4n) is 4.95. The van der Waals surface area contributed by atoms with Crippen LogP contribution in [0.15, 0.2) is 60.0 Å². The summed E-state index contributed by atoms with van der Waals surface area (Å²) in [4.78, 5) is 14.9. The van der Waals surface area contributed by atoms with Crippen LogP contribution in [0, 0.1) is 11.8 Å². The number of nitrogens with zero attached hydrogens (tertiary/aromatic N) is 3. The number of carboxylic acids is 1. The highest BCUT2D eigenvalue weighted by Gasteiger charge is 2.38. The van der Waals surface area contributed by atoms with E-state index < -0.39 is 12.1 Å². The lowest BCUT2D eigenvalue weighted by molar-refractivity contribution is -0.192. The lowest BCUT2D eigenvalue weighted by Gasteiger charge is -2.32. The Morgan fingerprint density at radius 3 is 2.57 bits per heavy atom. The summed E-state index contributed by atoms with van der Waals surface area (Å²) in [5.74, 6) is 3.77. The van der Waals surface area contributed by atoms with Crippen LogP contribution in [0.5, 0.6) is 0 Å². The van der Waals surface area contributed by atoms with Gasteiger partial charge in [-0.1, -0.05) is 48.2 Å². The summed E-state index contributed by atoms with van der Waals surface area (Å²) >= 11 is 1.68. The number of aliphatic carboxylic acids is 1. The number of benzene rings is 2. The lowest BCUT2D eigenvalue weighted by atomic mass is 10.0. The predicted molar refractivity (Wildman–Crippen MR) is 158 cm³/mol. The van der Waals surface area contributed by atoms with E-state index in [0.29, 0.717) is 6.54 Å². The molecule has 1 aliphatic carbocycles. The first-order valence-corrected chi connectivity index (χ1v) is 14.3. The maximum absolute atomic E-state index is 10.6. The third kappa shape index (κ3) is 7.20. The Morgan fingerprint density at radius 1 is 1.12 bits per heavy atom. The van der Waals surface area contributed by atoms with Crippen molar-refractivity contribution in [3.8, 4) is 34.4 Å². The fourth-order valence-corrected chi connectivity index (χ4v) is 5.71. The van der Waals surface area contributed by atoms with Gasteiger partial charge in [0.1, 0.15) is 0 Å². The summed E-state index contributed by atoms with van der Waals surface area (Å²) < 4.78 is 31.7. The molecule has 0 bridgehead atoms. The van der Waals surface area contributed by atoms with Gasteiger partial charge in [-0.15, -0.1) is 11.3 Å². The second kappa shape index (κ2) is 12.8. The Kier molecular flexibility index (Phi) is 8.97. The standard InChI is InChI=1S/C29H29N5S.C2HF3O2/c1-33-12-14-34(15-13-33)19-21-9-10-26-22(16-21)18-27-28(31-32-29(26)27)23-17-25(35-20-23)8-5-11-30-24-6-3-2-4-7-24;3-2(4,5)1(6)7/h2-4,6-7,9-10,16-17,20,30H,11-15,18-19H2,1H3,(H,31,32);(H,6,7). The molecule has 1 saturated heterocycles. The number of rotatable bonds is 5. The first-order valence-electron chi connectivity index (χ1n) is 13.4. The van der Waals surface area contributed by atoms with Gasteiger partial charge in [-0.2, -0.15) is 18.3 Å². The molecule has 0 radical (unpaired) electrons. The van der Waals surface area contributed by atoms with Gasteiger partial charge in [0.05, 0.1) is 22.8 Å². The van der Waals surface area contributed by atoms with E-state index in [1.54, 1.807) is 11.3 Å². The van der Waals surface area contributed by atoms with Crippen molar-refractivity contribution in [1.82, 2.24) is 20.0 Å². The minimum Gasteiger partial charge on any atom is -0.475 e. The van der Waals surface area contributed by atoms with Gasteiger partial charge >= 0.3 is 12.1 Å². The van der Waals surface area contributed by atoms with Crippen LogP contribution in [0.1, 0.15) is 21.6 Å². The second-order valence-electron chi connectivity index (χ2n) is 10.2. The average Bonchev–Trinajstić information content (AvgIpc) is 3.68. The van der Waals surface area contributed by atoms with Gasteiger partial charge in [-0.25, -0.2) is 4.79 Å². The van der Waals surface area contributed by atoms with Crippen LogP contribution in [0.25, 0.3) is 22.5 Å². The molecule has 0 atom stereocenters. The molecule has 42 heavy (non-hydrogen) atoms. The first-order chi connectivity index (χ1) is 20.2. The van der Waals surface area contributed by atoms with Crippen LogP contribution in [-0.2, 0) is 17.8 Å². The number of carbonyl (C=O) groups is 1. The molecule has 0 unspecified atom stereocenters. The number of nitrogens with one attached hydrogen (secondary N) is 2. The quantitative estimate of drug-likeness (QED) is 0.232. The fraction of sp³-hybridized carbons (Fsp3) is 0.290. The molecule has 11 heteroatoms. The Balaban J connectivity index is 0.000000451. The average molecular weight is 594 g/mol. The van der Waals surface area contributed by atoms with E-state index in [1.807, 2.05) is 18.2 Å². The molecule has 0 spiro atoms. The van der Waals surface area contributed by atoms with E-state index >= 15 is 0 Å². The minimum atomic E-state index is -5.08. The van der Waals surface area contributed by atoms with Gasteiger partial charge in [0.25, 0.3) is 0 Å². The number of thiophene rings is 1. The molecular weight excluding hydrogens is 563 g/mol. The zero-order valence-electron chi connectivity index (χ0n) is 23.0. The maximum Gasteiger partial charge on any atom is 0.490 e. The Bertz CT molecular complexity index is 1600. The Labute approximate surface area is 246 Å². The van der Waals surface area contributed by atoms with E-state index in [4.69, 9.17) is 9.90 Å². The molecule has 3 N–H and O–H groups in total. The number of carboxylic acid groups (broad SMARTS) is 1. The number of alkyl halides is 3. The van der Waals surface area contributed by atoms with Crippen molar-refractivity contribution >= 4 is 23.0 Å². The van der Waals surface area contributed by atoms with Crippen LogP contribution >= 0.6 is 11.3 Å². The topological polar surface area (TPSA) is 84.5 Å². The smallest absolute Gasteiger partial charge is 0.475 e. The molecule has 3 heterocycles. The molecule has 0 amide bonds. The number of anilines is 1. The number of hydrogen-bond donors (Lipinski definition) is 3. The van der Waals surface area contributed by atoms with E-state index in [1.165, 1.54) is 27.9 Å². The lowest BCUT2D eigenvalue weighted by Crippen LogP contribution is -2.43. The van der Waals surface area contributed by atoms with Crippen molar-refractivity contribution in [2.75, 3.05) is 45.1 Å². The largest absolute Gasteiger partial charge is 0.490 e. The Hall–Kier alpha value is -4.11. The van der Waals surface area contributed by atoms with Crippen molar-refractivity contribution in [2.45, 2.75) is 19.1 Å². The van der Waals surface area contributed by atoms with Gasteiger partial charge in [-0.3, -0.25) is 10.00 Å². The van der Waals surface area contributed by atoms with Crippen LogP contribution in [0.2, 0.25) is 0 Å². The van der Waals surface area contributed by atoms with Crippen LogP contribution in [0.3, 0.4) is 0 Å². The van der Waals surface area contributed by atoms with Crippen LogP contribution in [-0.4, -0.2) is 77.0 Å². The molecule has 1 aliphatic heterocycles. The number of para-hydroxylation sites is 1. The molecule has 7 nitrogen and oxygen atoms in total. The normalized spacial score (nSPS) is 14.7. The molecule has 1 fully saturated rings. The number of likely N-dealkylation sites (N-methyl/N-ethyl adjacent to an activating group) is 1. The molecular formula is C31H30F3N5O2S. The molecule has 4 aromatic rings. The number of aromatic amines is 1. The third-order valence-electron chi connectivity index (χ3n) is 7.16. The first kappa shape index (κ1) is 29.4. The van der Waals surface area contributed by atoms with Crippen molar-refractivity contribution < 1.29 is 23.1 Å². The number of piperazine rings is 1. The molecule has 218 valence electrons. The number of hydrogen-bond acceptors (Lipinski definition) is 6. The number of H-pyrrole nitrogens is 1. The van der Waals surface area contributed by atoms with E-state index in [2.05, 4.69) is 86.0 Å². The summed E-state index contributed by atoms with van der Waals surface area (Å²) in [5, 5.41) is 20.6. The maximum atomic E-state index is 10.6. The zero-order valence-corrected chi connectivity index (χ0v) is 23.8. The van der Waals surface area contributed by atoms with Gasteiger partial charge < -0.3 is 15.3 Å². The highest BCUT2D eigenvalue weighted by molar-refractivity contribution is 7.11. The number of halogens is 3. The predicted octanol–water partition coefficient (Wildman–Crippen LogP) is 5.55. The van der Waals surface area contributed by atoms with E-state index in [0.717, 1.165) is 61.0 Å². The summed E-state index contributed by atoms with van der Waals surface area (Å²) in [6, 6.07) is 19.3. The molecule has 2 aromatic carbocycles. The van der Waals surface area contributed by atoms with Gasteiger partial charge in [-0.05, 0) is 36.4 Å².